The fraction of sp³-hybridized carbons (Fsp3) is 0.500. The van der Waals surface area contributed by atoms with Gasteiger partial charge in [-0.2, -0.15) is 9.97 Å². The fourth-order valence-electron chi connectivity index (χ4n) is 2.15. The van der Waals surface area contributed by atoms with Crippen molar-refractivity contribution < 1.29 is 0 Å². The van der Waals surface area contributed by atoms with Crippen LogP contribution in [0.25, 0.3) is 5.65 Å². The summed E-state index contributed by atoms with van der Waals surface area (Å²) in [4.78, 5) is 22.7. The second-order valence-corrected chi connectivity index (χ2v) is 4.94. The molecule has 0 N–H and O–H groups in total. The lowest BCUT2D eigenvalue weighted by atomic mass is 10.0. The van der Waals surface area contributed by atoms with Gasteiger partial charge in [0, 0.05) is 19.3 Å². The summed E-state index contributed by atoms with van der Waals surface area (Å²) in [6, 6.07) is 0. The molecule has 2 heterocycles. The molecule has 2 rings (SSSR count). The van der Waals surface area contributed by atoms with Crippen molar-refractivity contribution >= 4 is 11.6 Å². The summed E-state index contributed by atoms with van der Waals surface area (Å²) in [5.41, 5.74) is 4.69. The van der Waals surface area contributed by atoms with E-state index >= 15 is 0 Å². The van der Waals surface area contributed by atoms with E-state index in [1.165, 1.54) is 5.56 Å². The molecule has 0 saturated carbocycles. The molecule has 102 valence electrons. The third-order valence-corrected chi connectivity index (χ3v) is 3.96. The molecule has 0 amide bonds. The van der Waals surface area contributed by atoms with Crippen molar-refractivity contribution in [2.45, 2.75) is 34.6 Å². The van der Waals surface area contributed by atoms with E-state index in [4.69, 9.17) is 0 Å². The van der Waals surface area contributed by atoms with E-state index in [9.17, 15) is 4.79 Å². The first-order valence-corrected chi connectivity index (χ1v) is 6.46. The molecule has 19 heavy (non-hydrogen) atoms. The van der Waals surface area contributed by atoms with Crippen molar-refractivity contribution in [2.24, 2.45) is 0 Å². The minimum absolute atomic E-state index is 0.260. The first kappa shape index (κ1) is 13.5. The first-order valence-electron chi connectivity index (χ1n) is 6.46. The molecule has 0 aromatic carbocycles. The van der Waals surface area contributed by atoms with Crippen LogP contribution in [0, 0.1) is 27.7 Å². The molecule has 0 radical (unpaired) electrons. The zero-order chi connectivity index (χ0) is 14.3. The van der Waals surface area contributed by atoms with Gasteiger partial charge < -0.3 is 4.90 Å². The summed E-state index contributed by atoms with van der Waals surface area (Å²) >= 11 is 0. The van der Waals surface area contributed by atoms with Crippen LogP contribution in [-0.4, -0.2) is 28.0 Å². The van der Waals surface area contributed by atoms with Crippen LogP contribution in [0.15, 0.2) is 4.79 Å². The summed E-state index contributed by atoms with van der Waals surface area (Å²) in [6.07, 6.45) is 0. The predicted octanol–water partition coefficient (Wildman–Crippen LogP) is 1.78. The Hall–Kier alpha value is -1.91. The lowest BCUT2D eigenvalue weighted by molar-refractivity contribution is 0.835. The summed E-state index contributed by atoms with van der Waals surface area (Å²) in [7, 11) is 1.88. The number of aryl methyl sites for hydroxylation is 2. The fourth-order valence-corrected chi connectivity index (χ4v) is 2.15. The molecule has 0 aliphatic carbocycles. The van der Waals surface area contributed by atoms with Crippen LogP contribution in [0.5, 0.6) is 0 Å². The molecule has 0 saturated heterocycles. The van der Waals surface area contributed by atoms with Gasteiger partial charge in [0.2, 0.25) is 5.95 Å². The minimum Gasteiger partial charge on any atom is -0.344 e. The lowest BCUT2D eigenvalue weighted by Gasteiger charge is -2.18. The summed E-state index contributed by atoms with van der Waals surface area (Å²) in [5.74, 6) is 0.484. The van der Waals surface area contributed by atoms with Gasteiger partial charge in [-0.15, -0.1) is 0 Å². The van der Waals surface area contributed by atoms with E-state index < -0.39 is 0 Å². The third-order valence-electron chi connectivity index (χ3n) is 3.96. The van der Waals surface area contributed by atoms with Crippen molar-refractivity contribution in [3.05, 3.63) is 32.9 Å². The number of hydrogen-bond acceptors (Lipinski definition) is 4. The molecule has 5 heteroatoms. The molecule has 0 aliphatic rings. The molecule has 2 aromatic rings. The number of aromatic nitrogens is 3. The highest BCUT2D eigenvalue weighted by Gasteiger charge is 2.14. The number of pyridine rings is 1. The van der Waals surface area contributed by atoms with Gasteiger partial charge in [0.1, 0.15) is 5.65 Å². The maximum Gasteiger partial charge on any atom is 0.356 e. The number of rotatable bonds is 2. The smallest absolute Gasteiger partial charge is 0.344 e. The highest BCUT2D eigenvalue weighted by Crippen LogP contribution is 2.20. The second-order valence-electron chi connectivity index (χ2n) is 4.94. The first-order chi connectivity index (χ1) is 8.88. The summed E-state index contributed by atoms with van der Waals surface area (Å²) in [5, 5.41) is 0. The van der Waals surface area contributed by atoms with Crippen LogP contribution >= 0.6 is 0 Å². The van der Waals surface area contributed by atoms with Crippen LogP contribution in [0.3, 0.4) is 0 Å². The molecular weight excluding hydrogens is 240 g/mol. The molecule has 0 fully saturated rings. The Morgan fingerprint density at radius 1 is 1.05 bits per heavy atom. The van der Waals surface area contributed by atoms with E-state index in [2.05, 4.69) is 16.9 Å². The van der Waals surface area contributed by atoms with Gasteiger partial charge in [-0.1, -0.05) is 0 Å². The van der Waals surface area contributed by atoms with Gasteiger partial charge in [-0.05, 0) is 51.3 Å². The molecule has 5 nitrogen and oxygen atoms in total. The van der Waals surface area contributed by atoms with Crippen LogP contribution in [-0.2, 0) is 0 Å². The van der Waals surface area contributed by atoms with Gasteiger partial charge in [0.25, 0.3) is 0 Å². The molecule has 0 unspecified atom stereocenters. The van der Waals surface area contributed by atoms with Crippen molar-refractivity contribution in [3.8, 4) is 0 Å². The topological polar surface area (TPSA) is 50.5 Å². The molecular formula is C14H20N4O. The zero-order valence-electron chi connectivity index (χ0n) is 12.4. The zero-order valence-corrected chi connectivity index (χ0v) is 12.4. The molecule has 0 atom stereocenters. The highest BCUT2D eigenvalue weighted by atomic mass is 16.1. The van der Waals surface area contributed by atoms with E-state index in [1.807, 2.05) is 39.6 Å². The molecule has 0 aliphatic heterocycles. The Morgan fingerprint density at radius 3 is 2.26 bits per heavy atom. The van der Waals surface area contributed by atoms with E-state index in [1.54, 1.807) is 4.40 Å². The Balaban J connectivity index is 2.93. The average Bonchev–Trinajstić information content (AvgIpc) is 2.40. The van der Waals surface area contributed by atoms with Gasteiger partial charge in [-0.3, -0.25) is 0 Å². The van der Waals surface area contributed by atoms with Gasteiger partial charge >= 0.3 is 5.69 Å². The Labute approximate surface area is 112 Å². The average molecular weight is 260 g/mol. The Kier molecular flexibility index (Phi) is 3.30. The maximum atomic E-state index is 12.2. The Morgan fingerprint density at radius 2 is 1.68 bits per heavy atom. The van der Waals surface area contributed by atoms with Crippen LogP contribution in [0.2, 0.25) is 0 Å². The van der Waals surface area contributed by atoms with Gasteiger partial charge in [0.15, 0.2) is 0 Å². The van der Waals surface area contributed by atoms with Crippen LogP contribution < -0.4 is 10.6 Å². The largest absolute Gasteiger partial charge is 0.356 e. The molecule has 0 bridgehead atoms. The quantitative estimate of drug-likeness (QED) is 0.826. The number of fused-ring (bicyclic) bond motifs is 1. The second kappa shape index (κ2) is 4.64. The normalized spacial score (nSPS) is 11.1. The van der Waals surface area contributed by atoms with Crippen molar-refractivity contribution in [1.29, 1.82) is 0 Å². The highest BCUT2D eigenvalue weighted by molar-refractivity contribution is 5.56. The summed E-state index contributed by atoms with van der Waals surface area (Å²) in [6.45, 7) is 10.8. The lowest BCUT2D eigenvalue weighted by Crippen LogP contribution is -2.28. The monoisotopic (exact) mass is 260 g/mol. The standard InChI is InChI=1S/C14H20N4O/c1-7-17(6)13-15-12-10(4)8(2)9(3)11(5)18(12)14(19)16-13/h7H2,1-6H3. The van der Waals surface area contributed by atoms with Crippen molar-refractivity contribution in [1.82, 2.24) is 14.4 Å². The van der Waals surface area contributed by atoms with E-state index in [0.29, 0.717) is 11.6 Å². The third kappa shape index (κ3) is 1.99. The minimum atomic E-state index is -0.260. The summed E-state index contributed by atoms with van der Waals surface area (Å²) < 4.78 is 1.60. The Bertz CT molecular complexity index is 703. The van der Waals surface area contributed by atoms with Gasteiger partial charge in [0.05, 0.1) is 0 Å². The van der Waals surface area contributed by atoms with E-state index in [-0.39, 0.29) is 5.69 Å². The van der Waals surface area contributed by atoms with Crippen molar-refractivity contribution in [2.75, 3.05) is 18.5 Å². The SMILES string of the molecule is CCN(C)c1nc(=O)n2c(C)c(C)c(C)c(C)c2n1. The molecule has 2 aromatic heterocycles. The van der Waals surface area contributed by atoms with Crippen LogP contribution in [0.4, 0.5) is 5.95 Å². The van der Waals surface area contributed by atoms with E-state index in [0.717, 1.165) is 23.4 Å². The number of nitrogens with zero attached hydrogens (tertiary/aromatic N) is 4. The van der Waals surface area contributed by atoms with Crippen molar-refractivity contribution in [3.63, 3.8) is 0 Å². The maximum absolute atomic E-state index is 12.2. The van der Waals surface area contributed by atoms with Crippen LogP contribution in [0.1, 0.15) is 29.3 Å². The van der Waals surface area contributed by atoms with Gasteiger partial charge in [-0.25, -0.2) is 9.20 Å². The number of anilines is 1. The number of hydrogen-bond donors (Lipinski definition) is 0. The predicted molar refractivity (Wildman–Crippen MR) is 77.1 cm³/mol. The molecule has 0 spiro atoms.